The minimum absolute atomic E-state index is 0.0406. The Labute approximate surface area is 100 Å². The lowest BCUT2D eigenvalue weighted by Gasteiger charge is -2.31. The Morgan fingerprint density at radius 3 is 2.94 bits per heavy atom. The molecule has 0 amide bonds. The fraction of sp³-hybridized carbons (Fsp3) is 0.364. The Hall–Kier alpha value is -1.69. The number of aryl methyl sites for hydroxylation is 1. The summed E-state index contributed by atoms with van der Waals surface area (Å²) in [5.74, 6) is 0.609. The number of hydrogen-bond donors (Lipinski definition) is 0. The first kappa shape index (κ1) is 11.8. The van der Waals surface area contributed by atoms with Crippen LogP contribution in [0.5, 0.6) is 0 Å². The number of nitrogens with zero attached hydrogens (tertiary/aromatic N) is 3. The monoisotopic (exact) mass is 230 g/mol. The summed E-state index contributed by atoms with van der Waals surface area (Å²) in [5, 5.41) is 0. The van der Waals surface area contributed by atoms with Gasteiger partial charge in [0.1, 0.15) is 11.9 Å². The molecule has 2 heterocycles. The summed E-state index contributed by atoms with van der Waals surface area (Å²) in [6.45, 7) is 2.44. The van der Waals surface area contributed by atoms with Crippen LogP contribution in [-0.4, -0.2) is 40.3 Å². The molecule has 0 fully saturated rings. The summed E-state index contributed by atoms with van der Waals surface area (Å²) in [6.07, 6.45) is 5.75. The van der Waals surface area contributed by atoms with Crippen molar-refractivity contribution in [3.8, 4) is 0 Å². The average Bonchev–Trinajstić information content (AvgIpc) is 2.64. The van der Waals surface area contributed by atoms with Gasteiger partial charge in [0.2, 0.25) is 0 Å². The molecule has 1 aromatic heterocycles. The lowest BCUT2D eigenvalue weighted by atomic mass is 9.86. The molecule has 17 heavy (non-hydrogen) atoms. The second kappa shape index (κ2) is 4.67. The predicted molar refractivity (Wildman–Crippen MR) is 63.9 cm³/mol. The summed E-state index contributed by atoms with van der Waals surface area (Å²) < 4.78 is 1.79. The van der Waals surface area contributed by atoms with Crippen LogP contribution < -0.4 is 0 Å². The van der Waals surface area contributed by atoms with E-state index in [-0.39, 0.29) is 5.78 Å². The van der Waals surface area contributed by atoms with Crippen LogP contribution in [0.2, 0.25) is 0 Å². The van der Waals surface area contributed by atoms with Crippen LogP contribution in [0.15, 0.2) is 24.0 Å². The van der Waals surface area contributed by atoms with Gasteiger partial charge in [-0.05, 0) is 13.0 Å². The third kappa shape index (κ3) is 2.21. The second-order valence-corrected chi connectivity index (χ2v) is 4.15. The van der Waals surface area contributed by atoms with Gasteiger partial charge in [-0.15, -0.1) is 0 Å². The largest absolute Gasteiger partial charge is 0.336 e. The van der Waals surface area contributed by atoms with Crippen molar-refractivity contribution in [2.24, 2.45) is 7.05 Å². The Balaban J connectivity index is 2.38. The molecule has 1 aliphatic heterocycles. The normalized spacial score (nSPS) is 21.2. The van der Waals surface area contributed by atoms with E-state index in [0.29, 0.717) is 18.6 Å². The van der Waals surface area contributed by atoms with Crippen molar-refractivity contribution in [2.45, 2.75) is 13.0 Å². The van der Waals surface area contributed by atoms with Crippen LogP contribution in [0, 0.1) is 0 Å². The molecule has 0 bridgehead atoms. The molecule has 0 saturated carbocycles. The number of hydrogen-bond acceptors (Lipinski definition) is 4. The van der Waals surface area contributed by atoms with Crippen LogP contribution in [0.3, 0.4) is 0 Å². The van der Waals surface area contributed by atoms with Gasteiger partial charge < -0.3 is 14.2 Å². The Morgan fingerprint density at radius 1 is 1.59 bits per heavy atom. The smallest absolute Gasteiger partial charge is 0.294 e. The van der Waals surface area contributed by atoms with Crippen molar-refractivity contribution >= 4 is 19.4 Å². The third-order valence-corrected chi connectivity index (χ3v) is 2.78. The summed E-state index contributed by atoms with van der Waals surface area (Å²) in [5.41, 5.74) is 0.943. The zero-order chi connectivity index (χ0) is 12.4. The molecule has 0 spiro atoms. The number of carbonyl (C=O) groups is 2. The summed E-state index contributed by atoms with van der Waals surface area (Å²) in [4.78, 5) is 28.6. The molecule has 0 aliphatic carbocycles. The average molecular weight is 230 g/mol. The molecule has 1 unspecified atom stereocenters. The fourth-order valence-corrected chi connectivity index (χ4v) is 2.04. The standard InChI is InChI=1S/C11H13BN3O2/c1-8-5-9(17)10(15(6-8)12-7-16)11-13-3-4-14(11)2/h3-5,7,10H,6H2,1-2H3. The number of aromatic nitrogens is 2. The second-order valence-electron chi connectivity index (χ2n) is 4.15. The van der Waals surface area contributed by atoms with Crippen molar-refractivity contribution in [2.75, 3.05) is 6.54 Å². The summed E-state index contributed by atoms with van der Waals surface area (Å²) >= 11 is 0. The molecule has 5 nitrogen and oxygen atoms in total. The van der Waals surface area contributed by atoms with E-state index in [0.717, 1.165) is 5.57 Å². The molecule has 0 saturated heterocycles. The van der Waals surface area contributed by atoms with Crippen LogP contribution in [0.4, 0.5) is 0 Å². The molecule has 87 valence electrons. The summed E-state index contributed by atoms with van der Waals surface area (Å²) in [6, 6.07) is -0.496. The highest BCUT2D eigenvalue weighted by molar-refractivity contribution is 6.64. The molecule has 1 radical (unpaired) electrons. The van der Waals surface area contributed by atoms with Crippen LogP contribution >= 0.6 is 0 Å². The highest BCUT2D eigenvalue weighted by atomic mass is 16.1. The first-order valence-electron chi connectivity index (χ1n) is 5.36. The Kier molecular flexibility index (Phi) is 3.24. The number of ketones is 1. The molecule has 2 rings (SSSR count). The quantitative estimate of drug-likeness (QED) is 0.546. The maximum atomic E-state index is 12.0. The van der Waals surface area contributed by atoms with Gasteiger partial charge in [-0.3, -0.25) is 4.79 Å². The highest BCUT2D eigenvalue weighted by Gasteiger charge is 2.32. The van der Waals surface area contributed by atoms with E-state index < -0.39 is 6.04 Å². The number of rotatable bonds is 3. The topological polar surface area (TPSA) is 55.2 Å². The molecule has 1 atom stereocenters. The van der Waals surface area contributed by atoms with Crippen molar-refractivity contribution in [3.05, 3.63) is 29.9 Å². The number of carbonyl (C=O) groups excluding carboxylic acids is 2. The third-order valence-electron chi connectivity index (χ3n) is 2.78. The van der Waals surface area contributed by atoms with Crippen LogP contribution in [0.25, 0.3) is 0 Å². The van der Waals surface area contributed by atoms with Gasteiger partial charge >= 0.3 is 0 Å². The van der Waals surface area contributed by atoms with Crippen LogP contribution in [0.1, 0.15) is 18.8 Å². The van der Waals surface area contributed by atoms with E-state index in [1.54, 1.807) is 27.8 Å². The van der Waals surface area contributed by atoms with Gasteiger partial charge in [0.15, 0.2) is 5.78 Å². The van der Waals surface area contributed by atoms with Crippen molar-refractivity contribution < 1.29 is 9.59 Å². The highest BCUT2D eigenvalue weighted by Crippen LogP contribution is 2.24. The first-order valence-corrected chi connectivity index (χ1v) is 5.36. The minimum atomic E-state index is -0.496. The van der Waals surface area contributed by atoms with E-state index in [4.69, 9.17) is 0 Å². The van der Waals surface area contributed by atoms with Gasteiger partial charge in [0.25, 0.3) is 7.41 Å². The zero-order valence-electron chi connectivity index (χ0n) is 9.83. The van der Waals surface area contributed by atoms with Gasteiger partial charge in [-0.2, -0.15) is 0 Å². The van der Waals surface area contributed by atoms with E-state index in [1.165, 1.54) is 7.41 Å². The first-order chi connectivity index (χ1) is 8.13. The predicted octanol–water partition coefficient (Wildman–Crippen LogP) is 0.102. The molecular formula is C11H13BN3O2. The zero-order valence-corrected chi connectivity index (χ0v) is 9.83. The number of imidazole rings is 1. The Morgan fingerprint density at radius 2 is 2.35 bits per heavy atom. The molecule has 0 aromatic carbocycles. The van der Waals surface area contributed by atoms with Crippen molar-refractivity contribution in [3.63, 3.8) is 0 Å². The molecule has 1 aliphatic rings. The van der Waals surface area contributed by atoms with Gasteiger partial charge in [0.05, 0.1) is 6.19 Å². The van der Waals surface area contributed by atoms with Gasteiger partial charge in [0, 0.05) is 26.0 Å². The molecule has 6 heteroatoms. The van der Waals surface area contributed by atoms with Gasteiger partial charge in [-0.25, -0.2) is 4.98 Å². The summed E-state index contributed by atoms with van der Waals surface area (Å²) in [7, 11) is 3.23. The van der Waals surface area contributed by atoms with Gasteiger partial charge in [-0.1, -0.05) is 5.57 Å². The molecule has 1 aromatic rings. The maximum Gasteiger partial charge on any atom is 0.294 e. The van der Waals surface area contributed by atoms with E-state index in [9.17, 15) is 9.59 Å². The van der Waals surface area contributed by atoms with Crippen LogP contribution in [-0.2, 0) is 16.6 Å². The Bertz CT molecular complexity index is 481. The minimum Gasteiger partial charge on any atom is -0.336 e. The maximum absolute atomic E-state index is 12.0. The molecular weight excluding hydrogens is 217 g/mol. The van der Waals surface area contributed by atoms with E-state index in [1.807, 2.05) is 14.0 Å². The van der Waals surface area contributed by atoms with Crippen molar-refractivity contribution in [1.29, 1.82) is 0 Å². The van der Waals surface area contributed by atoms with E-state index >= 15 is 0 Å². The SMILES string of the molecule is CC1=CC(=O)C(c2nccn2C)N([B]C=O)C1. The van der Waals surface area contributed by atoms with Crippen molar-refractivity contribution in [1.82, 2.24) is 14.4 Å². The lowest BCUT2D eigenvalue weighted by molar-refractivity contribution is -0.119. The fourth-order valence-electron chi connectivity index (χ4n) is 2.04. The molecule has 0 N–H and O–H groups in total. The van der Waals surface area contributed by atoms with E-state index in [2.05, 4.69) is 4.98 Å². The lowest BCUT2D eigenvalue weighted by Crippen LogP contribution is -2.42.